The summed E-state index contributed by atoms with van der Waals surface area (Å²) in [6.45, 7) is 10.5. The van der Waals surface area contributed by atoms with Crippen molar-refractivity contribution in [1.82, 2.24) is 5.32 Å². The van der Waals surface area contributed by atoms with Crippen LogP contribution in [0, 0.1) is 17.8 Å². The van der Waals surface area contributed by atoms with Crippen LogP contribution in [0.1, 0.15) is 98.3 Å². The van der Waals surface area contributed by atoms with Gasteiger partial charge in [-0.25, -0.2) is 0 Å². The van der Waals surface area contributed by atoms with Crippen LogP contribution < -0.4 is 5.32 Å². The molecule has 1 unspecified atom stereocenters. The van der Waals surface area contributed by atoms with Gasteiger partial charge < -0.3 is 5.32 Å². The first kappa shape index (κ1) is 19.0. The van der Waals surface area contributed by atoms with Gasteiger partial charge in [0.2, 0.25) is 0 Å². The summed E-state index contributed by atoms with van der Waals surface area (Å²) in [6.07, 6.45) is 15.9. The van der Waals surface area contributed by atoms with E-state index in [9.17, 15) is 0 Å². The zero-order valence-corrected chi connectivity index (χ0v) is 15.3. The third-order valence-corrected chi connectivity index (χ3v) is 5.66. The predicted octanol–water partition coefficient (Wildman–Crippen LogP) is 6.18. The lowest BCUT2D eigenvalue weighted by Crippen LogP contribution is -2.38. The molecule has 1 saturated carbocycles. The Bertz CT molecular complexity index is 228. The fourth-order valence-electron chi connectivity index (χ4n) is 4.13. The molecule has 126 valence electrons. The Kier molecular flexibility index (Phi) is 10.4. The van der Waals surface area contributed by atoms with Gasteiger partial charge in [-0.1, -0.05) is 66.2 Å². The van der Waals surface area contributed by atoms with Gasteiger partial charge in [0.05, 0.1) is 0 Å². The molecule has 1 aliphatic rings. The summed E-state index contributed by atoms with van der Waals surface area (Å²) in [6, 6.07) is 0.800. The van der Waals surface area contributed by atoms with Crippen molar-refractivity contribution >= 4 is 0 Å². The summed E-state index contributed by atoms with van der Waals surface area (Å²) < 4.78 is 0. The predicted molar refractivity (Wildman–Crippen MR) is 95.7 cm³/mol. The number of rotatable bonds is 11. The van der Waals surface area contributed by atoms with Crippen LogP contribution in [-0.2, 0) is 0 Å². The van der Waals surface area contributed by atoms with Crippen LogP contribution in [0.25, 0.3) is 0 Å². The van der Waals surface area contributed by atoms with Gasteiger partial charge in [0.15, 0.2) is 0 Å². The van der Waals surface area contributed by atoms with Gasteiger partial charge in [0.1, 0.15) is 0 Å². The lowest BCUT2D eigenvalue weighted by Gasteiger charge is -2.36. The highest BCUT2D eigenvalue weighted by Crippen LogP contribution is 2.35. The lowest BCUT2D eigenvalue weighted by atomic mass is 9.74. The minimum absolute atomic E-state index is 0.800. The molecule has 1 rings (SSSR count). The van der Waals surface area contributed by atoms with Crippen LogP contribution in [-0.4, -0.2) is 12.6 Å². The maximum atomic E-state index is 3.80. The number of nitrogens with one attached hydrogen (secondary N) is 1. The second-order valence-electron chi connectivity index (χ2n) is 7.64. The minimum atomic E-state index is 0.800. The molecule has 0 heterocycles. The van der Waals surface area contributed by atoms with Crippen molar-refractivity contribution in [2.45, 2.75) is 104 Å². The number of hydrogen-bond donors (Lipinski definition) is 1. The minimum Gasteiger partial charge on any atom is -0.314 e. The van der Waals surface area contributed by atoms with E-state index in [2.05, 4.69) is 33.0 Å². The molecule has 0 aliphatic heterocycles. The highest BCUT2D eigenvalue weighted by molar-refractivity contribution is 4.82. The van der Waals surface area contributed by atoms with E-state index in [4.69, 9.17) is 0 Å². The average molecular weight is 296 g/mol. The molecule has 0 spiro atoms. The third-order valence-electron chi connectivity index (χ3n) is 5.66. The average Bonchev–Trinajstić information content (AvgIpc) is 2.49. The van der Waals surface area contributed by atoms with E-state index in [1.807, 2.05) is 0 Å². The molecule has 0 bridgehead atoms. The van der Waals surface area contributed by atoms with Crippen molar-refractivity contribution < 1.29 is 0 Å². The molecule has 0 radical (unpaired) electrons. The van der Waals surface area contributed by atoms with Crippen molar-refractivity contribution in [3.05, 3.63) is 0 Å². The standard InChI is InChI=1S/C20H41N/c1-5-7-8-9-10-11-12-20(21-6-2)19-15-13-18(14-16-19)17(3)4/h17-21H,5-16H2,1-4H3. The van der Waals surface area contributed by atoms with Gasteiger partial charge in [0.25, 0.3) is 0 Å². The second-order valence-corrected chi connectivity index (χ2v) is 7.64. The molecule has 1 atom stereocenters. The van der Waals surface area contributed by atoms with Gasteiger partial charge in [-0.05, 0) is 56.4 Å². The van der Waals surface area contributed by atoms with Crippen LogP contribution in [0.2, 0.25) is 0 Å². The first-order valence-electron chi connectivity index (χ1n) is 9.92. The van der Waals surface area contributed by atoms with Crippen molar-refractivity contribution in [3.63, 3.8) is 0 Å². The fourth-order valence-corrected chi connectivity index (χ4v) is 4.13. The summed E-state index contributed by atoms with van der Waals surface area (Å²) in [5, 5.41) is 3.80. The van der Waals surface area contributed by atoms with Crippen LogP contribution in [0.5, 0.6) is 0 Å². The maximum Gasteiger partial charge on any atom is 0.00952 e. The Morgan fingerprint density at radius 2 is 1.38 bits per heavy atom. The number of hydrogen-bond acceptors (Lipinski definition) is 1. The summed E-state index contributed by atoms with van der Waals surface area (Å²) in [7, 11) is 0. The van der Waals surface area contributed by atoms with Crippen molar-refractivity contribution in [1.29, 1.82) is 0 Å². The highest BCUT2D eigenvalue weighted by atomic mass is 14.9. The molecule has 1 aliphatic carbocycles. The maximum absolute atomic E-state index is 3.80. The highest BCUT2D eigenvalue weighted by Gasteiger charge is 2.27. The van der Waals surface area contributed by atoms with E-state index in [1.165, 1.54) is 70.6 Å². The topological polar surface area (TPSA) is 12.0 Å². The van der Waals surface area contributed by atoms with Crippen LogP contribution >= 0.6 is 0 Å². The third kappa shape index (κ3) is 7.68. The summed E-state index contributed by atoms with van der Waals surface area (Å²) >= 11 is 0. The molecule has 21 heavy (non-hydrogen) atoms. The van der Waals surface area contributed by atoms with E-state index >= 15 is 0 Å². The summed E-state index contributed by atoms with van der Waals surface area (Å²) in [5.74, 6) is 2.84. The molecule has 0 saturated heterocycles. The van der Waals surface area contributed by atoms with Gasteiger partial charge in [-0.3, -0.25) is 0 Å². The molecular formula is C20H41N. The first-order valence-corrected chi connectivity index (χ1v) is 9.92. The molecule has 0 aromatic heterocycles. The first-order chi connectivity index (χ1) is 10.2. The van der Waals surface area contributed by atoms with Gasteiger partial charge in [-0.15, -0.1) is 0 Å². The molecule has 0 aromatic rings. The Morgan fingerprint density at radius 1 is 0.810 bits per heavy atom. The Morgan fingerprint density at radius 3 is 1.95 bits per heavy atom. The van der Waals surface area contributed by atoms with Gasteiger partial charge >= 0.3 is 0 Å². The van der Waals surface area contributed by atoms with Crippen molar-refractivity contribution in [2.75, 3.05) is 6.54 Å². The van der Waals surface area contributed by atoms with Gasteiger partial charge in [-0.2, -0.15) is 0 Å². The largest absolute Gasteiger partial charge is 0.314 e. The Labute approximate surface area is 134 Å². The monoisotopic (exact) mass is 295 g/mol. The Balaban J connectivity index is 2.23. The molecular weight excluding hydrogens is 254 g/mol. The zero-order valence-electron chi connectivity index (χ0n) is 15.3. The van der Waals surface area contributed by atoms with E-state index in [-0.39, 0.29) is 0 Å². The molecule has 0 amide bonds. The summed E-state index contributed by atoms with van der Waals surface area (Å²) in [4.78, 5) is 0. The number of unbranched alkanes of at least 4 members (excludes halogenated alkanes) is 5. The molecule has 0 aromatic carbocycles. The van der Waals surface area contributed by atoms with Crippen LogP contribution in [0.4, 0.5) is 0 Å². The quantitative estimate of drug-likeness (QED) is 0.449. The van der Waals surface area contributed by atoms with E-state index < -0.39 is 0 Å². The molecule has 1 nitrogen and oxygen atoms in total. The molecule has 1 fully saturated rings. The Hall–Kier alpha value is -0.0400. The SMILES string of the molecule is CCCCCCCCC(NCC)C1CCC(C(C)C)CC1. The van der Waals surface area contributed by atoms with E-state index in [0.717, 1.165) is 30.3 Å². The molecule has 1 N–H and O–H groups in total. The second kappa shape index (κ2) is 11.5. The fraction of sp³-hybridized carbons (Fsp3) is 1.00. The van der Waals surface area contributed by atoms with Crippen LogP contribution in [0.15, 0.2) is 0 Å². The molecule has 1 heteroatoms. The smallest absolute Gasteiger partial charge is 0.00952 e. The normalized spacial score (nSPS) is 24.4. The van der Waals surface area contributed by atoms with Crippen molar-refractivity contribution in [3.8, 4) is 0 Å². The van der Waals surface area contributed by atoms with E-state index in [0.29, 0.717) is 0 Å². The summed E-state index contributed by atoms with van der Waals surface area (Å²) in [5.41, 5.74) is 0. The lowest BCUT2D eigenvalue weighted by molar-refractivity contribution is 0.183. The van der Waals surface area contributed by atoms with Gasteiger partial charge in [0, 0.05) is 6.04 Å². The zero-order chi connectivity index (χ0) is 15.5. The van der Waals surface area contributed by atoms with E-state index in [1.54, 1.807) is 0 Å². The van der Waals surface area contributed by atoms with Crippen molar-refractivity contribution in [2.24, 2.45) is 17.8 Å². The van der Waals surface area contributed by atoms with Crippen LogP contribution in [0.3, 0.4) is 0 Å².